The summed E-state index contributed by atoms with van der Waals surface area (Å²) < 4.78 is 0. The van der Waals surface area contributed by atoms with E-state index >= 15 is 0 Å². The molecule has 0 amide bonds. The number of allylic oxidation sites excluding steroid dienone is 1. The van der Waals surface area contributed by atoms with Crippen LogP contribution in [0.4, 0.5) is 0 Å². The first-order valence-corrected chi connectivity index (χ1v) is 4.78. The number of Topliss-reactive ketones (excluding diaryl/α,β-unsaturated/α-hetero) is 1. The molecule has 2 aromatic rings. The van der Waals surface area contributed by atoms with Crippen LogP contribution in [-0.2, 0) is 4.79 Å². The number of carbonyl (C=O) groups is 2. The van der Waals surface area contributed by atoms with Crippen molar-refractivity contribution in [1.29, 1.82) is 0 Å². The Balaban J connectivity index is 2.46. The van der Waals surface area contributed by atoms with Crippen LogP contribution in [0.25, 0.3) is 17.1 Å². The molecule has 0 aromatic carbocycles. The monoisotopic (exact) mass is 210 g/mol. The molecular weight excluding hydrogens is 204 g/mol. The van der Waals surface area contributed by atoms with Crippen molar-refractivity contribution in [2.24, 2.45) is 0 Å². The van der Waals surface area contributed by atoms with Gasteiger partial charge in [-0.1, -0.05) is 0 Å². The third-order valence-corrected chi connectivity index (χ3v) is 2.54. The molecule has 0 aliphatic heterocycles. The molecule has 1 aliphatic carbocycles. The Morgan fingerprint density at radius 2 is 1.94 bits per heavy atom. The van der Waals surface area contributed by atoms with Crippen LogP contribution in [0.3, 0.4) is 0 Å². The third-order valence-electron chi connectivity index (χ3n) is 2.54. The van der Waals surface area contributed by atoms with Gasteiger partial charge in [-0.2, -0.15) is 0 Å². The topological polar surface area (TPSA) is 59.9 Å². The minimum Gasteiger partial charge on any atom is -0.286 e. The molecule has 2 heterocycles. The summed E-state index contributed by atoms with van der Waals surface area (Å²) in [4.78, 5) is 31.3. The van der Waals surface area contributed by atoms with Crippen LogP contribution in [0.5, 0.6) is 0 Å². The Morgan fingerprint density at radius 3 is 2.81 bits per heavy atom. The molecule has 0 bridgehead atoms. The van der Waals surface area contributed by atoms with Gasteiger partial charge in [-0.05, 0) is 24.3 Å². The summed E-state index contributed by atoms with van der Waals surface area (Å²) in [5, 5.41) is 0.628. The van der Waals surface area contributed by atoms with Crippen molar-refractivity contribution in [3.63, 3.8) is 0 Å². The van der Waals surface area contributed by atoms with E-state index in [0.717, 1.165) is 0 Å². The molecule has 2 aromatic heterocycles. The summed E-state index contributed by atoms with van der Waals surface area (Å²) in [6.45, 7) is 0. The number of fused-ring (bicyclic) bond motifs is 3. The standard InChI is InChI=1S/C12H6N2O2/c15-9-4-3-7-6-14-12-8(2-1-5-13-12)10(7)11(9)16/h1-6H. The van der Waals surface area contributed by atoms with Crippen LogP contribution < -0.4 is 0 Å². The summed E-state index contributed by atoms with van der Waals surface area (Å²) in [6.07, 6.45) is 6.05. The average molecular weight is 210 g/mol. The molecular formula is C12H6N2O2. The number of ketones is 2. The van der Waals surface area contributed by atoms with Crippen molar-refractivity contribution in [2.45, 2.75) is 0 Å². The fourth-order valence-corrected chi connectivity index (χ4v) is 1.79. The zero-order chi connectivity index (χ0) is 11.1. The summed E-state index contributed by atoms with van der Waals surface area (Å²) >= 11 is 0. The molecule has 76 valence electrons. The Kier molecular flexibility index (Phi) is 1.71. The van der Waals surface area contributed by atoms with Crippen LogP contribution in [0.1, 0.15) is 15.9 Å². The van der Waals surface area contributed by atoms with E-state index in [2.05, 4.69) is 9.97 Å². The van der Waals surface area contributed by atoms with E-state index in [1.165, 1.54) is 6.08 Å². The molecule has 0 atom stereocenters. The van der Waals surface area contributed by atoms with Gasteiger partial charge in [-0.3, -0.25) is 9.59 Å². The van der Waals surface area contributed by atoms with Gasteiger partial charge in [0.05, 0.1) is 0 Å². The van der Waals surface area contributed by atoms with Crippen molar-refractivity contribution in [3.8, 4) is 0 Å². The molecule has 1 aliphatic rings. The predicted octanol–water partition coefficient (Wildman–Crippen LogP) is 1.41. The third kappa shape index (κ3) is 1.10. The first-order valence-electron chi connectivity index (χ1n) is 4.78. The number of nitrogens with zero attached hydrogens (tertiary/aromatic N) is 2. The minimum atomic E-state index is -0.496. The highest BCUT2D eigenvalue weighted by molar-refractivity contribution is 6.51. The molecule has 0 unspecified atom stereocenters. The molecule has 0 spiro atoms. The zero-order valence-corrected chi connectivity index (χ0v) is 8.18. The number of aromatic nitrogens is 2. The van der Waals surface area contributed by atoms with Crippen LogP contribution in [0.2, 0.25) is 0 Å². The molecule has 0 saturated heterocycles. The number of hydrogen-bond donors (Lipinski definition) is 0. The van der Waals surface area contributed by atoms with Crippen LogP contribution in [0.15, 0.2) is 30.6 Å². The van der Waals surface area contributed by atoms with Gasteiger partial charge in [-0.15, -0.1) is 0 Å². The fourth-order valence-electron chi connectivity index (χ4n) is 1.79. The van der Waals surface area contributed by atoms with E-state index < -0.39 is 11.6 Å². The second kappa shape index (κ2) is 3.06. The van der Waals surface area contributed by atoms with Crippen molar-refractivity contribution in [2.75, 3.05) is 0 Å². The summed E-state index contributed by atoms with van der Waals surface area (Å²) in [5.41, 5.74) is 1.56. The Bertz CT molecular complexity index is 659. The SMILES string of the molecule is O=C1C=Cc2cnc3ncccc3c2C1=O. The van der Waals surface area contributed by atoms with Gasteiger partial charge in [0, 0.05) is 28.9 Å². The number of rotatable bonds is 0. The van der Waals surface area contributed by atoms with Crippen molar-refractivity contribution in [1.82, 2.24) is 9.97 Å². The maximum absolute atomic E-state index is 11.8. The second-order valence-electron chi connectivity index (χ2n) is 3.49. The molecule has 4 nitrogen and oxygen atoms in total. The first kappa shape index (κ1) is 8.91. The second-order valence-corrected chi connectivity index (χ2v) is 3.49. The summed E-state index contributed by atoms with van der Waals surface area (Å²) in [7, 11) is 0. The summed E-state index contributed by atoms with van der Waals surface area (Å²) in [6, 6.07) is 3.47. The van der Waals surface area contributed by atoms with E-state index in [4.69, 9.17) is 0 Å². The lowest BCUT2D eigenvalue weighted by atomic mass is 9.94. The van der Waals surface area contributed by atoms with Crippen LogP contribution >= 0.6 is 0 Å². The number of pyridine rings is 2. The highest BCUT2D eigenvalue weighted by atomic mass is 16.2. The van der Waals surface area contributed by atoms with Gasteiger partial charge < -0.3 is 0 Å². The maximum atomic E-state index is 11.8. The minimum absolute atomic E-state index is 0.408. The maximum Gasteiger partial charge on any atom is 0.234 e. The van der Waals surface area contributed by atoms with E-state index in [9.17, 15) is 9.59 Å². The first-order chi connectivity index (χ1) is 7.77. The van der Waals surface area contributed by atoms with Gasteiger partial charge in [0.25, 0.3) is 0 Å². The lowest BCUT2D eigenvalue weighted by Gasteiger charge is -2.09. The van der Waals surface area contributed by atoms with Crippen LogP contribution in [-0.4, -0.2) is 21.5 Å². The molecule has 0 N–H and O–H groups in total. The van der Waals surface area contributed by atoms with Gasteiger partial charge in [0.1, 0.15) is 0 Å². The predicted molar refractivity (Wildman–Crippen MR) is 57.9 cm³/mol. The Labute approximate surface area is 90.6 Å². The highest BCUT2D eigenvalue weighted by Crippen LogP contribution is 2.23. The number of hydrogen-bond acceptors (Lipinski definition) is 4. The van der Waals surface area contributed by atoms with Gasteiger partial charge in [0.15, 0.2) is 5.65 Å². The molecule has 16 heavy (non-hydrogen) atoms. The van der Waals surface area contributed by atoms with E-state index in [-0.39, 0.29) is 0 Å². The smallest absolute Gasteiger partial charge is 0.234 e. The quantitative estimate of drug-likeness (QED) is 0.617. The molecule has 4 heteroatoms. The Hall–Kier alpha value is -2.36. The lowest BCUT2D eigenvalue weighted by molar-refractivity contribution is -0.110. The highest BCUT2D eigenvalue weighted by Gasteiger charge is 2.23. The van der Waals surface area contributed by atoms with Crippen molar-refractivity contribution >= 4 is 28.7 Å². The van der Waals surface area contributed by atoms with E-state index in [1.807, 2.05) is 0 Å². The zero-order valence-electron chi connectivity index (χ0n) is 8.18. The molecule has 3 rings (SSSR count). The average Bonchev–Trinajstić information content (AvgIpc) is 2.33. The van der Waals surface area contributed by atoms with E-state index in [0.29, 0.717) is 22.2 Å². The largest absolute Gasteiger partial charge is 0.286 e. The van der Waals surface area contributed by atoms with Gasteiger partial charge in [0.2, 0.25) is 11.6 Å². The molecule has 0 radical (unpaired) electrons. The Morgan fingerprint density at radius 1 is 1.06 bits per heavy atom. The van der Waals surface area contributed by atoms with E-state index in [1.54, 1.807) is 30.6 Å². The molecule has 0 saturated carbocycles. The van der Waals surface area contributed by atoms with Crippen molar-refractivity contribution in [3.05, 3.63) is 41.7 Å². The lowest BCUT2D eigenvalue weighted by Crippen LogP contribution is -2.17. The number of carbonyl (C=O) groups excluding carboxylic acids is 2. The van der Waals surface area contributed by atoms with Crippen LogP contribution in [0, 0.1) is 0 Å². The van der Waals surface area contributed by atoms with Gasteiger partial charge in [-0.25, -0.2) is 9.97 Å². The normalized spacial score (nSPS) is 14.2. The molecule has 0 fully saturated rings. The fraction of sp³-hybridized carbons (Fsp3) is 0. The summed E-state index contributed by atoms with van der Waals surface area (Å²) in [5.74, 6) is -0.984. The van der Waals surface area contributed by atoms with Crippen molar-refractivity contribution < 1.29 is 9.59 Å². The van der Waals surface area contributed by atoms with Gasteiger partial charge >= 0.3 is 0 Å².